The Bertz CT molecular complexity index is 660. The third-order valence-corrected chi connectivity index (χ3v) is 4.12. The molecule has 0 radical (unpaired) electrons. The zero-order valence-electron chi connectivity index (χ0n) is 13.5. The largest absolute Gasteiger partial charge is 0.497 e. The number of para-hydroxylation sites is 1. The van der Waals surface area contributed by atoms with E-state index in [0.717, 1.165) is 16.3 Å². The summed E-state index contributed by atoms with van der Waals surface area (Å²) < 4.78 is 10.8. The Kier molecular flexibility index (Phi) is 6.35. The van der Waals surface area contributed by atoms with Crippen LogP contribution in [-0.4, -0.2) is 24.9 Å². The molecule has 1 atom stereocenters. The van der Waals surface area contributed by atoms with Crippen molar-refractivity contribution >= 4 is 23.4 Å². The van der Waals surface area contributed by atoms with E-state index in [1.54, 1.807) is 37.9 Å². The molecule has 5 heteroatoms. The zero-order valence-corrected chi connectivity index (χ0v) is 14.4. The van der Waals surface area contributed by atoms with E-state index in [9.17, 15) is 4.79 Å². The minimum absolute atomic E-state index is 0.183. The lowest BCUT2D eigenvalue weighted by Gasteiger charge is -2.16. The summed E-state index contributed by atoms with van der Waals surface area (Å²) in [6.45, 7) is 3.81. The van der Waals surface area contributed by atoms with Crippen LogP contribution in [0.25, 0.3) is 0 Å². The van der Waals surface area contributed by atoms with Gasteiger partial charge >= 0.3 is 0 Å². The van der Waals surface area contributed by atoms with E-state index in [4.69, 9.17) is 9.47 Å². The van der Waals surface area contributed by atoms with E-state index in [0.29, 0.717) is 11.5 Å². The van der Waals surface area contributed by atoms with E-state index >= 15 is 0 Å². The van der Waals surface area contributed by atoms with Gasteiger partial charge in [0.2, 0.25) is 0 Å². The molecule has 0 heterocycles. The number of hydrogen-bond donors (Lipinski definition) is 1. The summed E-state index contributed by atoms with van der Waals surface area (Å²) in [7, 11) is 1.59. The van der Waals surface area contributed by atoms with E-state index < -0.39 is 6.10 Å². The molecule has 0 saturated carbocycles. The second-order valence-corrected chi connectivity index (χ2v) is 6.16. The predicted molar refractivity (Wildman–Crippen MR) is 94.6 cm³/mol. The molecule has 0 fully saturated rings. The smallest absolute Gasteiger partial charge is 0.265 e. The van der Waals surface area contributed by atoms with E-state index in [-0.39, 0.29) is 5.91 Å². The molecule has 122 valence electrons. The summed E-state index contributed by atoms with van der Waals surface area (Å²) in [4.78, 5) is 13.4. The quantitative estimate of drug-likeness (QED) is 0.772. The van der Waals surface area contributed by atoms with Crippen LogP contribution in [0.5, 0.6) is 11.5 Å². The number of anilines is 1. The van der Waals surface area contributed by atoms with Gasteiger partial charge in [-0.3, -0.25) is 4.79 Å². The van der Waals surface area contributed by atoms with Crippen LogP contribution in [0, 0.1) is 0 Å². The van der Waals surface area contributed by atoms with Crippen LogP contribution in [-0.2, 0) is 4.79 Å². The molecule has 0 aromatic heterocycles. The van der Waals surface area contributed by atoms with Crippen molar-refractivity contribution in [2.75, 3.05) is 18.2 Å². The maximum absolute atomic E-state index is 12.4. The van der Waals surface area contributed by atoms with Gasteiger partial charge in [0.1, 0.15) is 11.5 Å². The highest BCUT2D eigenvalue weighted by Crippen LogP contribution is 2.27. The topological polar surface area (TPSA) is 47.6 Å². The molecule has 0 aliphatic heterocycles. The van der Waals surface area contributed by atoms with Crippen molar-refractivity contribution in [1.29, 1.82) is 0 Å². The van der Waals surface area contributed by atoms with Gasteiger partial charge in [-0.2, -0.15) is 0 Å². The van der Waals surface area contributed by atoms with Crippen molar-refractivity contribution < 1.29 is 14.3 Å². The SMILES string of the molecule is CCSc1ccccc1NC(=O)[C@H](C)Oc1cccc(OC)c1. The second kappa shape index (κ2) is 8.48. The van der Waals surface area contributed by atoms with Crippen molar-refractivity contribution in [3.63, 3.8) is 0 Å². The number of rotatable bonds is 7. The van der Waals surface area contributed by atoms with E-state index in [2.05, 4.69) is 12.2 Å². The first kappa shape index (κ1) is 17.2. The van der Waals surface area contributed by atoms with Crippen molar-refractivity contribution in [2.24, 2.45) is 0 Å². The fourth-order valence-electron chi connectivity index (χ4n) is 2.02. The predicted octanol–water partition coefficient (Wildman–Crippen LogP) is 4.21. The van der Waals surface area contributed by atoms with Gasteiger partial charge in [-0.25, -0.2) is 0 Å². The van der Waals surface area contributed by atoms with Gasteiger partial charge in [-0.1, -0.05) is 25.1 Å². The molecule has 1 N–H and O–H groups in total. The van der Waals surface area contributed by atoms with Gasteiger partial charge < -0.3 is 14.8 Å². The van der Waals surface area contributed by atoms with Crippen LogP contribution in [0.3, 0.4) is 0 Å². The molecule has 2 aromatic rings. The molecule has 2 aromatic carbocycles. The molecule has 2 rings (SSSR count). The molecule has 0 aliphatic rings. The van der Waals surface area contributed by atoms with Gasteiger partial charge in [0.05, 0.1) is 12.8 Å². The van der Waals surface area contributed by atoms with E-state index in [1.807, 2.05) is 36.4 Å². The second-order valence-electron chi connectivity index (χ2n) is 4.86. The average molecular weight is 331 g/mol. The summed E-state index contributed by atoms with van der Waals surface area (Å²) >= 11 is 1.69. The van der Waals surface area contributed by atoms with Crippen LogP contribution in [0.4, 0.5) is 5.69 Å². The van der Waals surface area contributed by atoms with Crippen molar-refractivity contribution in [1.82, 2.24) is 0 Å². The van der Waals surface area contributed by atoms with Crippen LogP contribution in [0.2, 0.25) is 0 Å². The molecule has 23 heavy (non-hydrogen) atoms. The lowest BCUT2D eigenvalue weighted by atomic mass is 10.3. The third-order valence-electron chi connectivity index (χ3n) is 3.17. The molecule has 4 nitrogen and oxygen atoms in total. The minimum Gasteiger partial charge on any atom is -0.497 e. The van der Waals surface area contributed by atoms with E-state index in [1.165, 1.54) is 0 Å². The van der Waals surface area contributed by atoms with Crippen molar-refractivity contribution in [2.45, 2.75) is 24.8 Å². The van der Waals surface area contributed by atoms with Gasteiger partial charge in [0.15, 0.2) is 6.10 Å². The summed E-state index contributed by atoms with van der Waals surface area (Å²) in [5.41, 5.74) is 0.811. The summed E-state index contributed by atoms with van der Waals surface area (Å²) in [5, 5.41) is 2.93. The number of ether oxygens (including phenoxy) is 2. The van der Waals surface area contributed by atoms with Gasteiger partial charge in [-0.15, -0.1) is 11.8 Å². The first-order valence-corrected chi connectivity index (χ1v) is 8.46. The first-order chi connectivity index (χ1) is 11.1. The van der Waals surface area contributed by atoms with Crippen LogP contribution < -0.4 is 14.8 Å². The average Bonchev–Trinajstić information content (AvgIpc) is 2.57. The molecular formula is C18H21NO3S. The number of benzene rings is 2. The summed E-state index contributed by atoms with van der Waals surface area (Å²) in [5.74, 6) is 2.06. The third kappa shape index (κ3) is 4.93. The Hall–Kier alpha value is -2.14. The number of carbonyl (C=O) groups is 1. The Balaban J connectivity index is 2.02. The number of thioether (sulfide) groups is 1. The monoisotopic (exact) mass is 331 g/mol. The number of hydrogen-bond acceptors (Lipinski definition) is 4. The summed E-state index contributed by atoms with van der Waals surface area (Å²) in [6.07, 6.45) is -0.609. The van der Waals surface area contributed by atoms with Crippen molar-refractivity contribution in [3.8, 4) is 11.5 Å². The summed E-state index contributed by atoms with van der Waals surface area (Å²) in [6, 6.07) is 15.0. The fraction of sp³-hybridized carbons (Fsp3) is 0.278. The van der Waals surface area contributed by atoms with Gasteiger partial charge in [0.25, 0.3) is 5.91 Å². The van der Waals surface area contributed by atoms with Gasteiger partial charge in [-0.05, 0) is 36.9 Å². The van der Waals surface area contributed by atoms with Gasteiger partial charge in [0, 0.05) is 11.0 Å². The Morgan fingerprint density at radius 3 is 2.65 bits per heavy atom. The van der Waals surface area contributed by atoms with Crippen LogP contribution in [0.1, 0.15) is 13.8 Å². The lowest BCUT2D eigenvalue weighted by Crippen LogP contribution is -2.30. The maximum Gasteiger partial charge on any atom is 0.265 e. The molecule has 0 spiro atoms. The molecule has 1 amide bonds. The highest BCUT2D eigenvalue weighted by molar-refractivity contribution is 7.99. The Labute approximate surface area is 141 Å². The molecule has 0 saturated heterocycles. The van der Waals surface area contributed by atoms with Crippen LogP contribution >= 0.6 is 11.8 Å². The normalized spacial score (nSPS) is 11.6. The highest BCUT2D eigenvalue weighted by Gasteiger charge is 2.16. The molecule has 0 unspecified atom stereocenters. The number of nitrogens with one attached hydrogen (secondary N) is 1. The fourth-order valence-corrected chi connectivity index (χ4v) is 2.78. The van der Waals surface area contributed by atoms with Crippen LogP contribution in [0.15, 0.2) is 53.4 Å². The lowest BCUT2D eigenvalue weighted by molar-refractivity contribution is -0.122. The molecular weight excluding hydrogens is 310 g/mol. The van der Waals surface area contributed by atoms with Crippen molar-refractivity contribution in [3.05, 3.63) is 48.5 Å². The highest BCUT2D eigenvalue weighted by atomic mass is 32.2. The number of methoxy groups -OCH3 is 1. The molecule has 0 aliphatic carbocycles. The zero-order chi connectivity index (χ0) is 16.7. The standard InChI is InChI=1S/C18H21NO3S/c1-4-23-17-11-6-5-10-16(17)19-18(20)13(2)22-15-9-7-8-14(12-15)21-3/h5-13H,4H2,1-3H3,(H,19,20)/t13-/m0/s1. The maximum atomic E-state index is 12.4. The number of carbonyl (C=O) groups excluding carboxylic acids is 1. The first-order valence-electron chi connectivity index (χ1n) is 7.47. The Morgan fingerprint density at radius 1 is 1.17 bits per heavy atom. The molecule has 0 bridgehead atoms. The number of amides is 1. The minimum atomic E-state index is -0.609. The Morgan fingerprint density at radius 2 is 1.91 bits per heavy atom.